The average Bonchev–Trinajstić information content (AvgIpc) is 2.51. The lowest BCUT2D eigenvalue weighted by molar-refractivity contribution is 0.0987. The van der Waals surface area contributed by atoms with Gasteiger partial charge >= 0.3 is 0 Å². The third-order valence-corrected chi connectivity index (χ3v) is 1.47. The van der Waals surface area contributed by atoms with Gasteiger partial charge in [-0.2, -0.15) is 4.98 Å². The summed E-state index contributed by atoms with van der Waals surface area (Å²) in [5.41, 5.74) is 4.92. The van der Waals surface area contributed by atoms with Gasteiger partial charge in [0.15, 0.2) is 0 Å². The molecule has 6 heteroatoms. The Labute approximate surface area is 69.1 Å². The smallest absolute Gasteiger partial charge is 0.290 e. The van der Waals surface area contributed by atoms with Crippen LogP contribution in [0.5, 0.6) is 0 Å². The predicted octanol–water partition coefficient (Wildman–Crippen LogP) is -0.551. The molecular weight excluding hydrogens is 160 g/mol. The molecule has 66 valence electrons. The van der Waals surface area contributed by atoms with Gasteiger partial charge in [0.25, 0.3) is 11.7 Å². The van der Waals surface area contributed by atoms with E-state index < -0.39 is 5.91 Å². The molecule has 1 amide bonds. The molecule has 3 N–H and O–H groups in total. The number of carbonyl (C=O) groups is 1. The standard InChI is InChI=1S/C6H10N4O2/c1-3(8-2)6-9-5(4(7)11)10-12-6/h3,8H,1-2H3,(H2,7,11). The third kappa shape index (κ3) is 1.59. The molecule has 0 saturated carbocycles. The molecule has 0 fully saturated rings. The van der Waals surface area contributed by atoms with E-state index in [1.165, 1.54) is 0 Å². The fraction of sp³-hybridized carbons (Fsp3) is 0.500. The van der Waals surface area contributed by atoms with Gasteiger partial charge in [0.2, 0.25) is 5.89 Å². The fourth-order valence-corrected chi connectivity index (χ4v) is 0.635. The summed E-state index contributed by atoms with van der Waals surface area (Å²) in [5, 5.41) is 6.27. The number of nitrogens with zero attached hydrogens (tertiary/aromatic N) is 2. The molecule has 1 heterocycles. The van der Waals surface area contributed by atoms with Gasteiger partial charge < -0.3 is 15.6 Å². The van der Waals surface area contributed by atoms with Crippen LogP contribution in [-0.2, 0) is 0 Å². The van der Waals surface area contributed by atoms with Crippen molar-refractivity contribution in [2.45, 2.75) is 13.0 Å². The van der Waals surface area contributed by atoms with Crippen molar-refractivity contribution in [2.75, 3.05) is 7.05 Å². The van der Waals surface area contributed by atoms with Crippen molar-refractivity contribution in [3.63, 3.8) is 0 Å². The molecule has 1 atom stereocenters. The molecule has 6 nitrogen and oxygen atoms in total. The van der Waals surface area contributed by atoms with E-state index in [0.29, 0.717) is 5.89 Å². The lowest BCUT2D eigenvalue weighted by Gasteiger charge is -2.00. The number of nitrogens with one attached hydrogen (secondary N) is 1. The molecule has 0 aromatic carbocycles. The predicted molar refractivity (Wildman–Crippen MR) is 40.3 cm³/mol. The first kappa shape index (κ1) is 8.66. The highest BCUT2D eigenvalue weighted by molar-refractivity contribution is 5.88. The summed E-state index contributed by atoms with van der Waals surface area (Å²) in [6.45, 7) is 1.83. The fourth-order valence-electron chi connectivity index (χ4n) is 0.635. The molecular formula is C6H10N4O2. The second-order valence-corrected chi connectivity index (χ2v) is 2.33. The van der Waals surface area contributed by atoms with Crippen molar-refractivity contribution in [1.29, 1.82) is 0 Å². The Hall–Kier alpha value is -1.43. The number of nitrogens with two attached hydrogens (primary N) is 1. The van der Waals surface area contributed by atoms with Gasteiger partial charge in [0.1, 0.15) is 0 Å². The quantitative estimate of drug-likeness (QED) is 0.634. The number of hydrogen-bond acceptors (Lipinski definition) is 5. The van der Waals surface area contributed by atoms with Crippen molar-refractivity contribution in [3.05, 3.63) is 11.7 Å². The van der Waals surface area contributed by atoms with E-state index in [9.17, 15) is 4.79 Å². The van der Waals surface area contributed by atoms with Crippen LogP contribution in [0.4, 0.5) is 0 Å². The van der Waals surface area contributed by atoms with Crippen molar-refractivity contribution < 1.29 is 9.32 Å². The van der Waals surface area contributed by atoms with E-state index in [-0.39, 0.29) is 11.9 Å². The van der Waals surface area contributed by atoms with E-state index in [1.807, 2.05) is 6.92 Å². The summed E-state index contributed by atoms with van der Waals surface area (Å²) in [7, 11) is 1.75. The highest BCUT2D eigenvalue weighted by Gasteiger charge is 2.14. The van der Waals surface area contributed by atoms with Crippen molar-refractivity contribution in [2.24, 2.45) is 5.73 Å². The van der Waals surface area contributed by atoms with Gasteiger partial charge in [-0.15, -0.1) is 0 Å². The van der Waals surface area contributed by atoms with Crippen LogP contribution in [-0.4, -0.2) is 23.1 Å². The second-order valence-electron chi connectivity index (χ2n) is 2.33. The Balaban J connectivity index is 2.84. The molecule has 0 aliphatic heterocycles. The second kappa shape index (κ2) is 3.31. The molecule has 1 rings (SSSR count). The number of primary amides is 1. The van der Waals surface area contributed by atoms with E-state index >= 15 is 0 Å². The number of amides is 1. The van der Waals surface area contributed by atoms with Crippen molar-refractivity contribution in [3.8, 4) is 0 Å². The molecule has 0 radical (unpaired) electrons. The zero-order valence-corrected chi connectivity index (χ0v) is 6.87. The lowest BCUT2D eigenvalue weighted by Crippen LogP contribution is -2.15. The summed E-state index contributed by atoms with van der Waals surface area (Å²) in [5.74, 6) is -0.424. The van der Waals surface area contributed by atoms with Crippen LogP contribution in [0.1, 0.15) is 29.5 Å². The monoisotopic (exact) mass is 170 g/mol. The maximum atomic E-state index is 10.5. The molecule has 0 bridgehead atoms. The Morgan fingerprint density at radius 1 is 1.75 bits per heavy atom. The van der Waals surface area contributed by atoms with Crippen LogP contribution in [0.15, 0.2) is 4.52 Å². The van der Waals surface area contributed by atoms with Gasteiger partial charge in [-0.1, -0.05) is 5.16 Å². The maximum Gasteiger partial charge on any atom is 0.290 e. The van der Waals surface area contributed by atoms with Crippen LogP contribution in [0, 0.1) is 0 Å². The van der Waals surface area contributed by atoms with Gasteiger partial charge in [-0.25, -0.2) is 0 Å². The Kier molecular flexibility index (Phi) is 2.39. The first-order valence-corrected chi connectivity index (χ1v) is 3.46. The zero-order valence-electron chi connectivity index (χ0n) is 6.87. The molecule has 0 aliphatic rings. The Bertz CT molecular complexity index is 283. The minimum absolute atomic E-state index is 0.0781. The molecule has 1 aromatic heterocycles. The normalized spacial score (nSPS) is 12.8. The van der Waals surface area contributed by atoms with Crippen LogP contribution >= 0.6 is 0 Å². The summed E-state index contributed by atoms with van der Waals surface area (Å²) < 4.78 is 4.75. The average molecular weight is 170 g/mol. The molecule has 0 aliphatic carbocycles. The van der Waals surface area contributed by atoms with Crippen LogP contribution in [0.3, 0.4) is 0 Å². The van der Waals surface area contributed by atoms with Crippen molar-refractivity contribution >= 4 is 5.91 Å². The molecule has 0 saturated heterocycles. The first-order valence-electron chi connectivity index (χ1n) is 3.46. The van der Waals surface area contributed by atoms with Crippen LogP contribution in [0.25, 0.3) is 0 Å². The van der Waals surface area contributed by atoms with Gasteiger partial charge in [-0.3, -0.25) is 4.79 Å². The summed E-state index contributed by atoms with van der Waals surface area (Å²) >= 11 is 0. The number of hydrogen-bond donors (Lipinski definition) is 2. The Morgan fingerprint density at radius 3 is 2.83 bits per heavy atom. The molecule has 1 aromatic rings. The minimum Gasteiger partial charge on any atom is -0.363 e. The van der Waals surface area contributed by atoms with E-state index in [4.69, 9.17) is 10.3 Å². The van der Waals surface area contributed by atoms with E-state index in [1.54, 1.807) is 7.05 Å². The molecule has 1 unspecified atom stereocenters. The topological polar surface area (TPSA) is 94.0 Å². The summed E-state index contributed by atoms with van der Waals surface area (Å²) in [6, 6.07) is -0.0781. The summed E-state index contributed by atoms with van der Waals surface area (Å²) in [4.78, 5) is 14.3. The first-order chi connectivity index (χ1) is 5.65. The van der Waals surface area contributed by atoms with Crippen molar-refractivity contribution in [1.82, 2.24) is 15.5 Å². The van der Waals surface area contributed by atoms with Gasteiger partial charge in [-0.05, 0) is 14.0 Å². The summed E-state index contributed by atoms with van der Waals surface area (Å²) in [6.07, 6.45) is 0. The number of carbonyl (C=O) groups excluding carboxylic acids is 1. The third-order valence-electron chi connectivity index (χ3n) is 1.47. The number of rotatable bonds is 3. The van der Waals surface area contributed by atoms with Crippen LogP contribution in [0.2, 0.25) is 0 Å². The lowest BCUT2D eigenvalue weighted by atomic mass is 10.3. The van der Waals surface area contributed by atoms with Crippen LogP contribution < -0.4 is 11.1 Å². The molecule has 12 heavy (non-hydrogen) atoms. The highest BCUT2D eigenvalue weighted by atomic mass is 16.5. The van der Waals surface area contributed by atoms with Gasteiger partial charge in [0, 0.05) is 0 Å². The highest BCUT2D eigenvalue weighted by Crippen LogP contribution is 2.07. The number of aromatic nitrogens is 2. The zero-order chi connectivity index (χ0) is 9.14. The maximum absolute atomic E-state index is 10.5. The van der Waals surface area contributed by atoms with E-state index in [0.717, 1.165) is 0 Å². The SMILES string of the molecule is CNC(C)c1nc(C(N)=O)no1. The molecule has 0 spiro atoms. The largest absolute Gasteiger partial charge is 0.363 e. The Morgan fingerprint density at radius 2 is 2.42 bits per heavy atom. The minimum atomic E-state index is -0.687. The van der Waals surface area contributed by atoms with Gasteiger partial charge in [0.05, 0.1) is 6.04 Å². The van der Waals surface area contributed by atoms with E-state index in [2.05, 4.69) is 15.5 Å².